The fourth-order valence-electron chi connectivity index (χ4n) is 7.23. The van der Waals surface area contributed by atoms with E-state index in [2.05, 4.69) is 13.8 Å². The van der Waals surface area contributed by atoms with Gasteiger partial charge in [0.25, 0.3) is 0 Å². The summed E-state index contributed by atoms with van der Waals surface area (Å²) >= 11 is 0. The van der Waals surface area contributed by atoms with Crippen LogP contribution in [-0.2, 0) is 33.4 Å². The summed E-state index contributed by atoms with van der Waals surface area (Å²) in [6, 6.07) is 0. The number of rotatable bonds is 22. The molecule has 2 aliphatic rings. The Kier molecular flexibility index (Phi) is 22.7. The maximum Gasteiger partial charge on any atom is 0.337 e. The molecule has 0 amide bonds. The van der Waals surface area contributed by atoms with E-state index in [0.717, 1.165) is 38.5 Å². The van der Waals surface area contributed by atoms with Crippen molar-refractivity contribution in [2.24, 2.45) is 17.8 Å². The molecule has 48 heavy (non-hydrogen) atoms. The van der Waals surface area contributed by atoms with Crippen molar-refractivity contribution in [3.63, 3.8) is 0 Å². The minimum absolute atomic E-state index is 0.0717. The van der Waals surface area contributed by atoms with Crippen molar-refractivity contribution >= 4 is 23.7 Å². The number of cyclic esters (lactones) is 2. The average molecular weight is 677 g/mol. The van der Waals surface area contributed by atoms with Gasteiger partial charge >= 0.3 is 17.9 Å². The molecule has 0 N–H and O–H groups in total. The minimum atomic E-state index is -0.530. The van der Waals surface area contributed by atoms with Gasteiger partial charge in [0, 0.05) is 19.8 Å². The second-order valence-electron chi connectivity index (χ2n) is 15.2. The molecule has 278 valence electrons. The van der Waals surface area contributed by atoms with Gasteiger partial charge in [-0.3, -0.25) is 14.4 Å². The fraction of sp³-hybridized carbons (Fsp3) is 0.854. The van der Waals surface area contributed by atoms with Gasteiger partial charge in [-0.05, 0) is 58.3 Å². The zero-order chi connectivity index (χ0) is 36.0. The Bertz CT molecular complexity index is 981. The first-order valence-electron chi connectivity index (χ1n) is 19.7. The van der Waals surface area contributed by atoms with Crippen LogP contribution in [0.1, 0.15) is 197 Å². The van der Waals surface area contributed by atoms with Gasteiger partial charge in [0.15, 0.2) is 0 Å². The normalized spacial score (nSPS) is 23.0. The Morgan fingerprint density at radius 3 is 1.62 bits per heavy atom. The fourth-order valence-corrected chi connectivity index (χ4v) is 7.23. The van der Waals surface area contributed by atoms with Gasteiger partial charge < -0.3 is 14.2 Å². The van der Waals surface area contributed by atoms with Gasteiger partial charge in [-0.25, -0.2) is 4.79 Å². The van der Waals surface area contributed by atoms with Gasteiger partial charge in [0.2, 0.25) is 0 Å². The Labute approximate surface area is 294 Å². The van der Waals surface area contributed by atoms with Crippen LogP contribution in [0.5, 0.6) is 0 Å². The van der Waals surface area contributed by atoms with Gasteiger partial charge in [-0.2, -0.15) is 0 Å². The maximum atomic E-state index is 12.3. The monoisotopic (exact) mass is 677 g/mol. The molecule has 0 aromatic rings. The molecule has 2 fully saturated rings. The summed E-state index contributed by atoms with van der Waals surface area (Å²) in [4.78, 5) is 48.1. The quantitative estimate of drug-likeness (QED) is 0.0281. The first-order chi connectivity index (χ1) is 22.8. The van der Waals surface area contributed by atoms with E-state index in [-0.39, 0.29) is 41.6 Å². The summed E-state index contributed by atoms with van der Waals surface area (Å²) in [5.74, 6) is -0.746. The van der Waals surface area contributed by atoms with E-state index in [4.69, 9.17) is 14.2 Å². The lowest BCUT2D eigenvalue weighted by molar-refractivity contribution is -0.177. The summed E-state index contributed by atoms with van der Waals surface area (Å²) in [7, 11) is 0. The molecule has 0 spiro atoms. The minimum Gasteiger partial charge on any atom is -0.459 e. The highest BCUT2D eigenvalue weighted by Gasteiger charge is 2.43. The average Bonchev–Trinajstić information content (AvgIpc) is 2.98. The number of allylic oxidation sites excluding steroid dienone is 1. The molecule has 0 bridgehead atoms. The molecule has 0 aromatic carbocycles. The highest BCUT2D eigenvalue weighted by Crippen LogP contribution is 2.35. The van der Waals surface area contributed by atoms with Crippen LogP contribution in [0, 0.1) is 17.8 Å². The highest BCUT2D eigenvalue weighted by atomic mass is 16.6. The van der Waals surface area contributed by atoms with Crippen LogP contribution in [0.3, 0.4) is 0 Å². The topological polar surface area (TPSA) is 96.0 Å². The Hall–Kier alpha value is -2.18. The van der Waals surface area contributed by atoms with Crippen LogP contribution in [0.2, 0.25) is 0 Å². The zero-order valence-corrected chi connectivity index (χ0v) is 32.2. The van der Waals surface area contributed by atoms with Crippen molar-refractivity contribution < 1.29 is 33.4 Å². The Morgan fingerprint density at radius 1 is 0.729 bits per heavy atom. The number of Topliss-reactive ketones (excluding diaryl/α,β-unsaturated/α-hetero) is 1. The SMILES string of the molecule is CCCCCCCCCCC/C(OC(C)=O)=C1\C(=O)O[C@@H](C)C[C@@H]1C.CCCCCCCCCCCC(=O)[C@H]1C(=O)OC(C)(C)C[C@@H]1C. The van der Waals surface area contributed by atoms with E-state index in [0.29, 0.717) is 24.2 Å². The van der Waals surface area contributed by atoms with E-state index < -0.39 is 11.5 Å². The van der Waals surface area contributed by atoms with Crippen molar-refractivity contribution in [3.05, 3.63) is 11.3 Å². The van der Waals surface area contributed by atoms with Crippen LogP contribution in [0.15, 0.2) is 11.3 Å². The van der Waals surface area contributed by atoms with Crippen molar-refractivity contribution in [1.29, 1.82) is 0 Å². The largest absolute Gasteiger partial charge is 0.459 e. The number of carbonyl (C=O) groups is 4. The van der Waals surface area contributed by atoms with Crippen LogP contribution in [0.4, 0.5) is 0 Å². The second kappa shape index (κ2) is 24.9. The van der Waals surface area contributed by atoms with E-state index in [1.807, 2.05) is 34.6 Å². The molecule has 0 radical (unpaired) electrons. The van der Waals surface area contributed by atoms with E-state index in [1.165, 1.54) is 96.8 Å². The first kappa shape index (κ1) is 43.8. The molecule has 2 saturated heterocycles. The highest BCUT2D eigenvalue weighted by molar-refractivity contribution is 5.99. The lowest BCUT2D eigenvalue weighted by Gasteiger charge is -2.37. The number of ketones is 1. The summed E-state index contributed by atoms with van der Waals surface area (Å²) in [6.07, 6.45) is 24.9. The van der Waals surface area contributed by atoms with Crippen molar-refractivity contribution in [2.75, 3.05) is 0 Å². The summed E-state index contributed by atoms with van der Waals surface area (Å²) in [5.41, 5.74) is 0.137. The number of esters is 3. The lowest BCUT2D eigenvalue weighted by Crippen LogP contribution is -2.45. The number of hydrogen-bond donors (Lipinski definition) is 0. The Morgan fingerprint density at radius 2 is 1.19 bits per heavy atom. The predicted octanol–water partition coefficient (Wildman–Crippen LogP) is 11.2. The predicted molar refractivity (Wildman–Crippen MR) is 194 cm³/mol. The second-order valence-corrected chi connectivity index (χ2v) is 15.2. The van der Waals surface area contributed by atoms with Gasteiger partial charge in [-0.15, -0.1) is 0 Å². The standard InChI is InChI=1S/C21H36O4.C20H36O3/c1-5-6-7-8-9-10-11-12-13-14-19(25-18(4)22)20-16(2)15-17(3)24-21(20)23;1-5-6-7-8-9-10-11-12-13-14-17(21)18-16(2)15-20(3,4)23-19(18)22/h16-17H,5-15H2,1-4H3;16,18H,5-15H2,1-4H3/b20-19+;/t16-,17-;16-,18-/m00/s1. The molecule has 0 unspecified atom stereocenters. The van der Waals surface area contributed by atoms with Gasteiger partial charge in [0.05, 0.1) is 11.7 Å². The number of carbonyl (C=O) groups excluding carboxylic acids is 4. The molecule has 0 aliphatic carbocycles. The summed E-state index contributed by atoms with van der Waals surface area (Å²) < 4.78 is 16.1. The molecule has 7 nitrogen and oxygen atoms in total. The van der Waals surface area contributed by atoms with Crippen LogP contribution >= 0.6 is 0 Å². The van der Waals surface area contributed by atoms with Gasteiger partial charge in [-0.1, -0.05) is 130 Å². The van der Waals surface area contributed by atoms with Crippen molar-refractivity contribution in [1.82, 2.24) is 0 Å². The third kappa shape index (κ3) is 18.5. The maximum absolute atomic E-state index is 12.3. The molecule has 2 heterocycles. The lowest BCUT2D eigenvalue weighted by atomic mass is 9.78. The van der Waals surface area contributed by atoms with E-state index in [1.54, 1.807) is 0 Å². The van der Waals surface area contributed by atoms with Gasteiger partial charge in [0.1, 0.15) is 23.1 Å². The molecule has 2 aliphatic heterocycles. The van der Waals surface area contributed by atoms with E-state index >= 15 is 0 Å². The third-order valence-electron chi connectivity index (χ3n) is 9.67. The zero-order valence-electron chi connectivity index (χ0n) is 32.2. The molecule has 7 heteroatoms. The van der Waals surface area contributed by atoms with Crippen LogP contribution in [0.25, 0.3) is 0 Å². The summed E-state index contributed by atoms with van der Waals surface area (Å²) in [5, 5.41) is 0. The molecular formula is C41H72O7. The molecule has 0 saturated carbocycles. The first-order valence-corrected chi connectivity index (χ1v) is 19.7. The molecule has 4 atom stereocenters. The van der Waals surface area contributed by atoms with Crippen LogP contribution < -0.4 is 0 Å². The third-order valence-corrected chi connectivity index (χ3v) is 9.67. The number of unbranched alkanes of at least 4 members (excludes halogenated alkanes) is 16. The number of ether oxygens (including phenoxy) is 3. The number of hydrogen-bond acceptors (Lipinski definition) is 7. The molecule has 0 aromatic heterocycles. The van der Waals surface area contributed by atoms with Crippen LogP contribution in [-0.4, -0.2) is 35.4 Å². The smallest absolute Gasteiger partial charge is 0.337 e. The molecular weight excluding hydrogens is 604 g/mol. The summed E-state index contributed by atoms with van der Waals surface area (Å²) in [6.45, 7) is 15.6. The Balaban J connectivity index is 0.000000482. The molecule has 2 rings (SSSR count). The van der Waals surface area contributed by atoms with Crippen molar-refractivity contribution in [2.45, 2.75) is 208 Å². The van der Waals surface area contributed by atoms with E-state index in [9.17, 15) is 19.2 Å². The van der Waals surface area contributed by atoms with Crippen molar-refractivity contribution in [3.8, 4) is 0 Å².